The number of nitro groups is 1. The van der Waals surface area contributed by atoms with E-state index in [1.165, 1.54) is 25.4 Å². The number of anilines is 2. The molecule has 0 unspecified atom stereocenters. The van der Waals surface area contributed by atoms with Crippen LogP contribution < -0.4 is 15.8 Å². The molecule has 30 heavy (non-hydrogen) atoms. The number of nitrogens with zero attached hydrogens (tertiary/aromatic N) is 2. The number of carbonyl (C=O) groups is 1. The van der Waals surface area contributed by atoms with Gasteiger partial charge in [-0.15, -0.1) is 0 Å². The number of benzene rings is 2. The highest BCUT2D eigenvalue weighted by Crippen LogP contribution is 2.27. The fourth-order valence-electron chi connectivity index (χ4n) is 2.70. The summed E-state index contributed by atoms with van der Waals surface area (Å²) in [5, 5.41) is 14.0. The minimum Gasteiger partial charge on any atom is -0.468 e. The van der Waals surface area contributed by atoms with Crippen molar-refractivity contribution >= 4 is 23.2 Å². The quantitative estimate of drug-likeness (QED) is 0.329. The van der Waals surface area contributed by atoms with E-state index in [0.29, 0.717) is 23.6 Å². The molecule has 3 aromatic rings. The van der Waals surface area contributed by atoms with E-state index >= 15 is 0 Å². The first-order chi connectivity index (χ1) is 14.5. The van der Waals surface area contributed by atoms with Gasteiger partial charge >= 0.3 is 11.7 Å². The Morgan fingerprint density at radius 1 is 1.13 bits per heavy atom. The summed E-state index contributed by atoms with van der Waals surface area (Å²) < 4.78 is 10.4. The summed E-state index contributed by atoms with van der Waals surface area (Å²) >= 11 is 0. The van der Waals surface area contributed by atoms with Crippen molar-refractivity contribution in [2.24, 2.45) is 5.73 Å². The smallest absolute Gasteiger partial charge is 0.322 e. The zero-order valence-corrected chi connectivity index (χ0v) is 16.1. The molecule has 9 nitrogen and oxygen atoms in total. The maximum atomic E-state index is 11.4. The summed E-state index contributed by atoms with van der Waals surface area (Å²) in [7, 11) is 1.30. The Morgan fingerprint density at radius 2 is 1.77 bits per heavy atom. The number of esters is 1. The molecule has 0 aliphatic carbocycles. The topological polar surface area (TPSA) is 130 Å². The number of hydrogen-bond donors (Lipinski definition) is 2. The van der Waals surface area contributed by atoms with Crippen LogP contribution >= 0.6 is 0 Å². The first-order valence-corrected chi connectivity index (χ1v) is 9.03. The van der Waals surface area contributed by atoms with Crippen LogP contribution in [0.25, 0.3) is 0 Å². The lowest BCUT2D eigenvalue weighted by Crippen LogP contribution is -2.33. The van der Waals surface area contributed by atoms with E-state index < -0.39 is 16.9 Å². The number of aromatic nitrogens is 1. The molecule has 0 fully saturated rings. The monoisotopic (exact) mass is 408 g/mol. The van der Waals surface area contributed by atoms with E-state index in [4.69, 9.17) is 10.5 Å². The Kier molecular flexibility index (Phi) is 6.56. The minimum absolute atomic E-state index is 0.107. The van der Waals surface area contributed by atoms with Crippen molar-refractivity contribution in [3.63, 3.8) is 0 Å². The van der Waals surface area contributed by atoms with Crippen LogP contribution in [-0.2, 0) is 16.0 Å². The molecule has 0 aliphatic heterocycles. The second kappa shape index (κ2) is 9.48. The van der Waals surface area contributed by atoms with Gasteiger partial charge in [0.1, 0.15) is 17.5 Å². The molecule has 1 atom stereocenters. The second-order valence-corrected chi connectivity index (χ2v) is 6.36. The van der Waals surface area contributed by atoms with Crippen LogP contribution in [-0.4, -0.2) is 29.0 Å². The van der Waals surface area contributed by atoms with Crippen LogP contribution in [0.2, 0.25) is 0 Å². The number of nitrogens with two attached hydrogens (primary N) is 1. The molecule has 0 radical (unpaired) electrons. The van der Waals surface area contributed by atoms with E-state index in [0.717, 1.165) is 5.56 Å². The predicted octanol–water partition coefficient (Wildman–Crippen LogP) is 3.57. The van der Waals surface area contributed by atoms with Gasteiger partial charge in [-0.3, -0.25) is 14.9 Å². The predicted molar refractivity (Wildman–Crippen MR) is 111 cm³/mol. The van der Waals surface area contributed by atoms with Crippen LogP contribution in [0.15, 0.2) is 66.9 Å². The van der Waals surface area contributed by atoms with Gasteiger partial charge in [0, 0.05) is 18.0 Å². The van der Waals surface area contributed by atoms with Crippen LogP contribution in [0.5, 0.6) is 11.5 Å². The van der Waals surface area contributed by atoms with Crippen molar-refractivity contribution in [2.45, 2.75) is 12.5 Å². The maximum Gasteiger partial charge on any atom is 0.322 e. The largest absolute Gasteiger partial charge is 0.468 e. The van der Waals surface area contributed by atoms with E-state index in [2.05, 4.69) is 15.0 Å². The van der Waals surface area contributed by atoms with Gasteiger partial charge in [0.05, 0.1) is 12.0 Å². The first kappa shape index (κ1) is 20.7. The van der Waals surface area contributed by atoms with Gasteiger partial charge in [-0.05, 0) is 54.4 Å². The van der Waals surface area contributed by atoms with Crippen LogP contribution in [0.1, 0.15) is 5.56 Å². The Bertz CT molecular complexity index is 1020. The number of ether oxygens (including phenoxy) is 2. The van der Waals surface area contributed by atoms with Crippen molar-refractivity contribution in [3.8, 4) is 11.5 Å². The fraction of sp³-hybridized carbons (Fsp3) is 0.143. The molecule has 0 saturated heterocycles. The number of carbonyl (C=O) groups excluding carboxylic acids is 1. The summed E-state index contributed by atoms with van der Waals surface area (Å²) in [6.45, 7) is 0. The first-order valence-electron chi connectivity index (χ1n) is 9.03. The third-order valence-electron chi connectivity index (χ3n) is 4.22. The summed E-state index contributed by atoms with van der Waals surface area (Å²) in [4.78, 5) is 26.0. The molecule has 0 bridgehead atoms. The third-order valence-corrected chi connectivity index (χ3v) is 4.22. The van der Waals surface area contributed by atoms with Crippen molar-refractivity contribution in [2.75, 3.05) is 12.4 Å². The van der Waals surface area contributed by atoms with Gasteiger partial charge in [0.2, 0.25) is 5.82 Å². The molecule has 0 saturated carbocycles. The molecule has 0 aliphatic rings. The lowest BCUT2D eigenvalue weighted by atomic mass is 10.1. The second-order valence-electron chi connectivity index (χ2n) is 6.36. The summed E-state index contributed by atoms with van der Waals surface area (Å²) in [6.07, 6.45) is 1.85. The molecule has 0 amide bonds. The number of hydrogen-bond acceptors (Lipinski definition) is 8. The SMILES string of the molecule is COC(=O)[C@@H](N)Cc1ccc(Oc2ccc(Nc3ncccc3[N+](=O)[O-])cc2)cc1. The number of rotatable bonds is 8. The minimum atomic E-state index is -0.711. The van der Waals surface area contributed by atoms with Gasteiger partial charge in [0.25, 0.3) is 0 Å². The van der Waals surface area contributed by atoms with E-state index in [-0.39, 0.29) is 11.5 Å². The molecule has 9 heteroatoms. The normalized spacial score (nSPS) is 11.4. The Labute approximate surface area is 172 Å². The van der Waals surface area contributed by atoms with Gasteiger partial charge in [0.15, 0.2) is 0 Å². The number of nitrogens with one attached hydrogen (secondary N) is 1. The molecule has 3 rings (SSSR count). The molecular weight excluding hydrogens is 388 g/mol. The molecule has 154 valence electrons. The number of pyridine rings is 1. The molecule has 1 heterocycles. The van der Waals surface area contributed by atoms with Gasteiger partial charge in [-0.1, -0.05) is 12.1 Å². The standard InChI is InChI=1S/C21H20N4O5/c1-29-21(26)18(22)13-14-4-8-16(9-5-14)30-17-10-6-15(7-11-17)24-20-19(25(27)28)3-2-12-23-20/h2-12,18H,13,22H2,1H3,(H,23,24)/t18-/m0/s1. The zero-order valence-electron chi connectivity index (χ0n) is 16.1. The molecule has 3 N–H and O–H groups in total. The average molecular weight is 408 g/mol. The summed E-state index contributed by atoms with van der Waals surface area (Å²) in [5.74, 6) is 0.915. The highest BCUT2D eigenvalue weighted by Gasteiger charge is 2.15. The van der Waals surface area contributed by atoms with Crippen molar-refractivity contribution in [3.05, 3.63) is 82.5 Å². The Hall–Kier alpha value is -3.98. The van der Waals surface area contributed by atoms with Crippen LogP contribution in [0.3, 0.4) is 0 Å². The van der Waals surface area contributed by atoms with Gasteiger partial charge < -0.3 is 20.5 Å². The van der Waals surface area contributed by atoms with Crippen molar-refractivity contribution in [1.29, 1.82) is 0 Å². The molecule has 1 aromatic heterocycles. The third kappa shape index (κ3) is 5.30. The zero-order chi connectivity index (χ0) is 21.5. The number of methoxy groups -OCH3 is 1. The van der Waals surface area contributed by atoms with Gasteiger partial charge in [-0.25, -0.2) is 4.98 Å². The summed E-state index contributed by atoms with van der Waals surface area (Å²) in [5.41, 5.74) is 7.18. The van der Waals surface area contributed by atoms with Gasteiger partial charge in [-0.2, -0.15) is 0 Å². The fourth-order valence-corrected chi connectivity index (χ4v) is 2.70. The van der Waals surface area contributed by atoms with E-state index in [1.54, 1.807) is 36.4 Å². The van der Waals surface area contributed by atoms with Crippen LogP contribution in [0.4, 0.5) is 17.2 Å². The van der Waals surface area contributed by atoms with Crippen molar-refractivity contribution in [1.82, 2.24) is 4.98 Å². The molecule has 0 spiro atoms. The van der Waals surface area contributed by atoms with E-state index in [9.17, 15) is 14.9 Å². The highest BCUT2D eigenvalue weighted by atomic mass is 16.6. The summed E-state index contributed by atoms with van der Waals surface area (Å²) in [6, 6.07) is 16.3. The highest BCUT2D eigenvalue weighted by molar-refractivity contribution is 5.75. The van der Waals surface area contributed by atoms with Crippen LogP contribution in [0, 0.1) is 10.1 Å². The van der Waals surface area contributed by atoms with Crippen molar-refractivity contribution < 1.29 is 19.2 Å². The Balaban J connectivity index is 1.62. The lowest BCUT2D eigenvalue weighted by Gasteiger charge is -2.11. The molecule has 2 aromatic carbocycles. The average Bonchev–Trinajstić information content (AvgIpc) is 2.76. The molecular formula is C21H20N4O5. The van der Waals surface area contributed by atoms with E-state index in [1.807, 2.05) is 12.1 Å². The Morgan fingerprint density at radius 3 is 2.37 bits per heavy atom. The lowest BCUT2D eigenvalue weighted by molar-refractivity contribution is -0.384. The maximum absolute atomic E-state index is 11.4.